The lowest BCUT2D eigenvalue weighted by Gasteiger charge is -2.14. The Morgan fingerprint density at radius 3 is 0.727 bits per heavy atom. The van der Waals surface area contributed by atoms with Crippen molar-refractivity contribution in [3.63, 3.8) is 0 Å². The van der Waals surface area contributed by atoms with Crippen molar-refractivity contribution in [3.8, 4) is 112 Å². The number of benzene rings is 9. The maximum Gasteiger partial charge on any atom is 0.164 e. The minimum atomic E-state index is 0.601. The molecule has 2 heterocycles. The number of hydrogen-bond acceptors (Lipinski definition) is 4. The minimum Gasteiger partial charge on any atom is -0.248 e. The van der Waals surface area contributed by atoms with Crippen LogP contribution in [-0.2, 0) is 0 Å². The number of nitrogens with zero attached hydrogens (tertiary/aromatic N) is 4. The molecule has 0 N–H and O–H groups in total. The number of hydrogen-bond donors (Lipinski definition) is 0. The van der Waals surface area contributed by atoms with Gasteiger partial charge in [0.1, 0.15) is 0 Å². The molecule has 4 heteroatoms. The Balaban J connectivity index is 1.02. The molecule has 0 bridgehead atoms. The molecule has 4 nitrogen and oxygen atoms in total. The Labute approximate surface area is 385 Å². The van der Waals surface area contributed by atoms with Gasteiger partial charge in [-0.2, -0.15) is 0 Å². The SMILES string of the molecule is c1ccc(-c2ccc(-c3nc(-c4ccc(-c5ccccc5)cc4)nc(-c4cc(-c5ccccc5)cc(-c5ccc(-c6cc(-c7ccccc7)nc(-c7ccccc7)c6)cc5)c4)n3)cc2)cc1. The van der Waals surface area contributed by atoms with E-state index in [1.165, 1.54) is 0 Å². The largest absolute Gasteiger partial charge is 0.248 e. The third-order valence-corrected chi connectivity index (χ3v) is 12.0. The lowest BCUT2D eigenvalue weighted by molar-refractivity contribution is 1.07. The van der Waals surface area contributed by atoms with Crippen molar-refractivity contribution < 1.29 is 0 Å². The molecule has 0 aliphatic carbocycles. The molecule has 0 saturated heterocycles. The minimum absolute atomic E-state index is 0.601. The van der Waals surface area contributed by atoms with Crippen molar-refractivity contribution in [2.24, 2.45) is 0 Å². The van der Waals surface area contributed by atoms with Crippen LogP contribution in [0.1, 0.15) is 0 Å². The second-order valence-electron chi connectivity index (χ2n) is 16.3. The summed E-state index contributed by atoms with van der Waals surface area (Å²) >= 11 is 0. The van der Waals surface area contributed by atoms with E-state index in [1.807, 2.05) is 24.3 Å². The summed E-state index contributed by atoms with van der Waals surface area (Å²) in [6.45, 7) is 0. The van der Waals surface area contributed by atoms with Crippen LogP contribution in [0.2, 0.25) is 0 Å². The fourth-order valence-electron chi connectivity index (χ4n) is 8.43. The smallest absolute Gasteiger partial charge is 0.164 e. The average Bonchev–Trinajstić information content (AvgIpc) is 3.42. The predicted molar refractivity (Wildman–Crippen MR) is 272 cm³/mol. The van der Waals surface area contributed by atoms with E-state index in [0.717, 1.165) is 94.8 Å². The third kappa shape index (κ3) is 8.59. The monoisotopic (exact) mass is 842 g/mol. The molecule has 11 aromatic rings. The molecular formula is C62H42N4. The average molecular weight is 843 g/mol. The number of pyridine rings is 1. The van der Waals surface area contributed by atoms with Gasteiger partial charge in [-0.3, -0.25) is 0 Å². The second-order valence-corrected chi connectivity index (χ2v) is 16.3. The quantitative estimate of drug-likeness (QED) is 0.138. The zero-order valence-electron chi connectivity index (χ0n) is 36.0. The van der Waals surface area contributed by atoms with Crippen LogP contribution in [0.25, 0.3) is 112 Å². The van der Waals surface area contributed by atoms with E-state index in [-0.39, 0.29) is 0 Å². The summed E-state index contributed by atoms with van der Waals surface area (Å²) in [5.41, 5.74) is 17.9. The maximum atomic E-state index is 5.23. The van der Waals surface area contributed by atoms with Gasteiger partial charge in [-0.15, -0.1) is 0 Å². The Morgan fingerprint density at radius 1 is 0.152 bits per heavy atom. The second kappa shape index (κ2) is 18.1. The van der Waals surface area contributed by atoms with Crippen molar-refractivity contribution >= 4 is 0 Å². The normalized spacial score (nSPS) is 11.0. The van der Waals surface area contributed by atoms with E-state index in [0.29, 0.717) is 17.5 Å². The zero-order chi connectivity index (χ0) is 44.1. The fourth-order valence-corrected chi connectivity index (χ4v) is 8.43. The van der Waals surface area contributed by atoms with Crippen LogP contribution < -0.4 is 0 Å². The summed E-state index contributed by atoms with van der Waals surface area (Å²) in [6, 6.07) is 88.9. The van der Waals surface area contributed by atoms with E-state index in [4.69, 9.17) is 19.9 Å². The van der Waals surface area contributed by atoms with E-state index in [2.05, 4.69) is 231 Å². The molecule has 0 atom stereocenters. The van der Waals surface area contributed by atoms with Crippen LogP contribution in [0, 0.1) is 0 Å². The van der Waals surface area contributed by atoms with Gasteiger partial charge in [0, 0.05) is 27.8 Å². The van der Waals surface area contributed by atoms with Crippen molar-refractivity contribution in [2.75, 3.05) is 0 Å². The Hall–Kier alpha value is -8.86. The lowest BCUT2D eigenvalue weighted by Crippen LogP contribution is -2.00. The molecule has 0 fully saturated rings. The highest BCUT2D eigenvalue weighted by Gasteiger charge is 2.16. The summed E-state index contributed by atoms with van der Waals surface area (Å²) in [5, 5.41) is 0. The van der Waals surface area contributed by atoms with Crippen LogP contribution >= 0.6 is 0 Å². The fraction of sp³-hybridized carbons (Fsp3) is 0. The molecule has 310 valence electrons. The lowest BCUT2D eigenvalue weighted by atomic mass is 9.94. The summed E-state index contributed by atoms with van der Waals surface area (Å²) in [7, 11) is 0. The molecule has 9 aromatic carbocycles. The standard InChI is InChI=1S/C62H42N4/c1-6-16-43(17-7-1)46-30-34-52(35-31-46)60-64-61(53-36-32-47(33-37-53)44-18-8-2-9-19-44)66-62(65-60)57-39-54(45-20-10-3-11-21-45)38-55(40-57)48-26-28-49(29-27-48)56-41-58(50-22-12-4-13-23-50)63-59(42-56)51-24-14-5-15-25-51/h1-42H. The molecule has 2 aromatic heterocycles. The van der Waals surface area contributed by atoms with E-state index in [9.17, 15) is 0 Å². The van der Waals surface area contributed by atoms with Crippen molar-refractivity contribution in [2.45, 2.75) is 0 Å². The van der Waals surface area contributed by atoms with Crippen LogP contribution in [0.5, 0.6) is 0 Å². The molecule has 0 amide bonds. The van der Waals surface area contributed by atoms with Gasteiger partial charge in [0.15, 0.2) is 17.5 Å². The van der Waals surface area contributed by atoms with Gasteiger partial charge in [0.25, 0.3) is 0 Å². The summed E-state index contributed by atoms with van der Waals surface area (Å²) in [6.07, 6.45) is 0. The molecular weight excluding hydrogens is 801 g/mol. The zero-order valence-corrected chi connectivity index (χ0v) is 36.0. The van der Waals surface area contributed by atoms with Gasteiger partial charge in [0.05, 0.1) is 11.4 Å². The topological polar surface area (TPSA) is 51.6 Å². The van der Waals surface area contributed by atoms with Crippen molar-refractivity contribution in [3.05, 3.63) is 255 Å². The molecule has 0 aliphatic heterocycles. The molecule has 0 radical (unpaired) electrons. The summed E-state index contributed by atoms with van der Waals surface area (Å²) in [5.74, 6) is 1.82. The van der Waals surface area contributed by atoms with E-state index in [1.54, 1.807) is 0 Å². The summed E-state index contributed by atoms with van der Waals surface area (Å²) in [4.78, 5) is 20.7. The molecule has 0 aliphatic rings. The predicted octanol–water partition coefficient (Wildman–Crippen LogP) is 15.9. The molecule has 0 saturated carbocycles. The van der Waals surface area contributed by atoms with Gasteiger partial charge in [-0.1, -0.05) is 224 Å². The van der Waals surface area contributed by atoms with Crippen molar-refractivity contribution in [1.29, 1.82) is 0 Å². The Morgan fingerprint density at radius 2 is 0.379 bits per heavy atom. The molecule has 0 spiro atoms. The van der Waals surface area contributed by atoms with Crippen molar-refractivity contribution in [1.82, 2.24) is 19.9 Å². The Kier molecular flexibility index (Phi) is 10.9. The third-order valence-electron chi connectivity index (χ3n) is 12.0. The van der Waals surface area contributed by atoms with Gasteiger partial charge < -0.3 is 0 Å². The van der Waals surface area contributed by atoms with Crippen LogP contribution in [-0.4, -0.2) is 19.9 Å². The number of aromatic nitrogens is 4. The van der Waals surface area contributed by atoms with Gasteiger partial charge >= 0.3 is 0 Å². The molecule has 0 unspecified atom stereocenters. The van der Waals surface area contributed by atoms with Crippen LogP contribution in [0.15, 0.2) is 255 Å². The maximum absolute atomic E-state index is 5.23. The molecule has 11 rings (SSSR count). The Bertz CT molecular complexity index is 3240. The first-order valence-corrected chi connectivity index (χ1v) is 22.2. The first-order chi connectivity index (χ1) is 32.7. The van der Waals surface area contributed by atoms with Gasteiger partial charge in [-0.05, 0) is 86.0 Å². The van der Waals surface area contributed by atoms with Gasteiger partial charge in [0.2, 0.25) is 0 Å². The number of rotatable bonds is 10. The highest BCUT2D eigenvalue weighted by atomic mass is 15.0. The summed E-state index contributed by atoms with van der Waals surface area (Å²) < 4.78 is 0. The first-order valence-electron chi connectivity index (χ1n) is 22.2. The molecule has 66 heavy (non-hydrogen) atoms. The van der Waals surface area contributed by atoms with Gasteiger partial charge in [-0.25, -0.2) is 19.9 Å². The van der Waals surface area contributed by atoms with E-state index >= 15 is 0 Å². The highest BCUT2D eigenvalue weighted by Crippen LogP contribution is 2.36. The van der Waals surface area contributed by atoms with E-state index < -0.39 is 0 Å². The van der Waals surface area contributed by atoms with Crippen LogP contribution in [0.3, 0.4) is 0 Å². The van der Waals surface area contributed by atoms with Crippen LogP contribution in [0.4, 0.5) is 0 Å². The first kappa shape index (κ1) is 40.0. The highest BCUT2D eigenvalue weighted by molar-refractivity contribution is 5.83.